The number of nitrogens with zero attached hydrogens (tertiary/aromatic N) is 1. The predicted molar refractivity (Wildman–Crippen MR) is 67.7 cm³/mol. The average molecular weight is 270 g/mol. The largest absolute Gasteiger partial charge is 0.348 e. The molecular weight excluding hydrogens is 261 g/mol. The number of rotatable bonds is 2. The lowest BCUT2D eigenvalue weighted by Crippen LogP contribution is -2.14. The normalized spacial score (nSPS) is 10.3. The van der Waals surface area contributed by atoms with Crippen LogP contribution in [-0.4, -0.2) is 15.9 Å². The highest BCUT2D eigenvalue weighted by atomic mass is 35.5. The number of halogens is 2. The van der Waals surface area contributed by atoms with Crippen LogP contribution in [0.2, 0.25) is 10.0 Å². The van der Waals surface area contributed by atoms with E-state index in [2.05, 4.69) is 15.3 Å². The van der Waals surface area contributed by atoms with Gasteiger partial charge in [-0.25, -0.2) is 4.98 Å². The first-order chi connectivity index (χ1) is 8.09. The molecule has 88 valence electrons. The molecule has 6 heteroatoms. The number of carbonyl (C=O) groups is 1. The molecule has 1 amide bonds. The van der Waals surface area contributed by atoms with Gasteiger partial charge in [-0.3, -0.25) is 4.79 Å². The van der Waals surface area contributed by atoms with Gasteiger partial charge in [0.05, 0.1) is 22.1 Å². The van der Waals surface area contributed by atoms with Crippen molar-refractivity contribution >= 4 is 34.8 Å². The first kappa shape index (κ1) is 12.0. The minimum Gasteiger partial charge on any atom is -0.348 e. The number of H-pyrrole nitrogens is 1. The molecule has 1 aromatic heterocycles. The molecule has 0 fully saturated rings. The summed E-state index contributed by atoms with van der Waals surface area (Å²) in [7, 11) is 0. The molecule has 1 heterocycles. The van der Waals surface area contributed by atoms with Gasteiger partial charge >= 0.3 is 0 Å². The third kappa shape index (κ3) is 2.43. The van der Waals surface area contributed by atoms with E-state index in [0.29, 0.717) is 27.1 Å². The van der Waals surface area contributed by atoms with Crippen molar-refractivity contribution < 1.29 is 4.79 Å². The van der Waals surface area contributed by atoms with E-state index in [1.54, 1.807) is 25.1 Å². The highest BCUT2D eigenvalue weighted by Crippen LogP contribution is 2.30. The highest BCUT2D eigenvalue weighted by molar-refractivity contribution is 6.40. The van der Waals surface area contributed by atoms with Crippen LogP contribution in [-0.2, 0) is 0 Å². The average Bonchev–Trinajstić information content (AvgIpc) is 2.70. The Kier molecular flexibility index (Phi) is 3.36. The number of anilines is 1. The van der Waals surface area contributed by atoms with Crippen molar-refractivity contribution in [3.05, 3.63) is 46.0 Å². The van der Waals surface area contributed by atoms with Crippen LogP contribution in [0.5, 0.6) is 0 Å². The molecule has 0 atom stereocenters. The third-order valence-electron chi connectivity index (χ3n) is 2.25. The Labute approximate surface area is 108 Å². The molecule has 2 aromatic rings. The Hall–Kier alpha value is -1.52. The molecule has 4 nitrogen and oxygen atoms in total. The van der Waals surface area contributed by atoms with Crippen LogP contribution >= 0.6 is 23.2 Å². The van der Waals surface area contributed by atoms with Crippen molar-refractivity contribution in [2.45, 2.75) is 6.92 Å². The lowest BCUT2D eigenvalue weighted by Gasteiger charge is -2.07. The molecule has 0 aliphatic carbocycles. The SMILES string of the molecule is Cc1[nH]cnc1C(=O)Nc1c(Cl)cccc1Cl. The van der Waals surface area contributed by atoms with Gasteiger partial charge in [-0.15, -0.1) is 0 Å². The van der Waals surface area contributed by atoms with Gasteiger partial charge in [0.1, 0.15) is 5.69 Å². The number of amides is 1. The third-order valence-corrected chi connectivity index (χ3v) is 2.88. The van der Waals surface area contributed by atoms with E-state index < -0.39 is 0 Å². The summed E-state index contributed by atoms with van der Waals surface area (Å²) in [6.07, 6.45) is 1.46. The zero-order valence-corrected chi connectivity index (χ0v) is 10.4. The summed E-state index contributed by atoms with van der Waals surface area (Å²) >= 11 is 11.9. The van der Waals surface area contributed by atoms with Crippen LogP contribution in [0.15, 0.2) is 24.5 Å². The van der Waals surface area contributed by atoms with E-state index in [-0.39, 0.29) is 5.91 Å². The molecule has 0 saturated heterocycles. The van der Waals surface area contributed by atoms with Gasteiger partial charge in [0.2, 0.25) is 0 Å². The highest BCUT2D eigenvalue weighted by Gasteiger charge is 2.14. The molecule has 0 aliphatic rings. The van der Waals surface area contributed by atoms with Crippen LogP contribution in [0.3, 0.4) is 0 Å². The van der Waals surface area contributed by atoms with E-state index in [0.717, 1.165) is 0 Å². The van der Waals surface area contributed by atoms with Gasteiger partial charge in [-0.05, 0) is 19.1 Å². The van der Waals surface area contributed by atoms with Crippen molar-refractivity contribution in [1.29, 1.82) is 0 Å². The molecular formula is C11H9Cl2N3O. The Morgan fingerprint density at radius 3 is 2.53 bits per heavy atom. The van der Waals surface area contributed by atoms with E-state index in [1.165, 1.54) is 6.33 Å². The van der Waals surface area contributed by atoms with Crippen LogP contribution in [0, 0.1) is 6.92 Å². The predicted octanol–water partition coefficient (Wildman–Crippen LogP) is 3.28. The summed E-state index contributed by atoms with van der Waals surface area (Å²) in [5, 5.41) is 3.41. The second-order valence-electron chi connectivity index (χ2n) is 3.43. The Morgan fingerprint density at radius 1 is 1.35 bits per heavy atom. The maximum absolute atomic E-state index is 11.9. The van der Waals surface area contributed by atoms with Crippen LogP contribution in [0.4, 0.5) is 5.69 Å². The minimum atomic E-state index is -0.348. The molecule has 1 aromatic carbocycles. The number of imidazole rings is 1. The number of carbonyl (C=O) groups excluding carboxylic acids is 1. The Bertz CT molecular complexity index is 545. The zero-order chi connectivity index (χ0) is 12.4. The first-order valence-electron chi connectivity index (χ1n) is 4.85. The number of hydrogen-bond acceptors (Lipinski definition) is 2. The molecule has 2 N–H and O–H groups in total. The van der Waals surface area contributed by atoms with Gasteiger partial charge in [0.15, 0.2) is 0 Å². The molecule has 0 bridgehead atoms. The lowest BCUT2D eigenvalue weighted by molar-refractivity contribution is 0.102. The van der Waals surface area contributed by atoms with E-state index >= 15 is 0 Å². The fourth-order valence-electron chi connectivity index (χ4n) is 1.38. The van der Waals surface area contributed by atoms with Gasteiger partial charge in [0.25, 0.3) is 5.91 Å². The van der Waals surface area contributed by atoms with Gasteiger partial charge in [-0.2, -0.15) is 0 Å². The number of nitrogens with one attached hydrogen (secondary N) is 2. The first-order valence-corrected chi connectivity index (χ1v) is 5.60. The minimum absolute atomic E-state index is 0.320. The number of hydrogen-bond donors (Lipinski definition) is 2. The van der Waals surface area contributed by atoms with Crippen molar-refractivity contribution in [3.63, 3.8) is 0 Å². The maximum Gasteiger partial charge on any atom is 0.276 e. The summed E-state index contributed by atoms with van der Waals surface area (Å²) in [4.78, 5) is 18.6. The van der Waals surface area contributed by atoms with E-state index in [1.807, 2.05) is 0 Å². The van der Waals surface area contributed by atoms with Crippen LogP contribution < -0.4 is 5.32 Å². The van der Waals surface area contributed by atoms with Gasteiger partial charge in [-0.1, -0.05) is 29.3 Å². The number of aromatic nitrogens is 2. The number of aryl methyl sites for hydroxylation is 1. The Morgan fingerprint density at radius 2 is 2.00 bits per heavy atom. The quantitative estimate of drug-likeness (QED) is 0.879. The molecule has 0 saturated carbocycles. The van der Waals surface area contributed by atoms with Crippen LogP contribution in [0.25, 0.3) is 0 Å². The molecule has 0 spiro atoms. The summed E-state index contributed by atoms with van der Waals surface area (Å²) in [5.41, 5.74) is 1.40. The summed E-state index contributed by atoms with van der Waals surface area (Å²) in [5.74, 6) is -0.348. The van der Waals surface area contributed by atoms with E-state index in [4.69, 9.17) is 23.2 Å². The molecule has 0 unspecified atom stereocenters. The standard InChI is InChI=1S/C11H9Cl2N3O/c1-6-9(15-5-14-6)11(17)16-10-7(12)3-2-4-8(10)13/h2-5H,1H3,(H,14,15)(H,16,17). The smallest absolute Gasteiger partial charge is 0.276 e. The van der Waals surface area contributed by atoms with Gasteiger partial charge < -0.3 is 10.3 Å². The van der Waals surface area contributed by atoms with Crippen LogP contribution in [0.1, 0.15) is 16.2 Å². The summed E-state index contributed by atoms with van der Waals surface area (Å²) in [6.45, 7) is 1.76. The van der Waals surface area contributed by atoms with Crippen molar-refractivity contribution in [2.75, 3.05) is 5.32 Å². The topological polar surface area (TPSA) is 57.8 Å². The maximum atomic E-state index is 11.9. The zero-order valence-electron chi connectivity index (χ0n) is 8.92. The monoisotopic (exact) mass is 269 g/mol. The molecule has 2 rings (SSSR count). The molecule has 0 aliphatic heterocycles. The fraction of sp³-hybridized carbons (Fsp3) is 0.0909. The molecule has 17 heavy (non-hydrogen) atoms. The molecule has 0 radical (unpaired) electrons. The van der Waals surface area contributed by atoms with Gasteiger partial charge in [0, 0.05) is 5.69 Å². The Balaban J connectivity index is 2.28. The van der Waals surface area contributed by atoms with Crippen molar-refractivity contribution in [1.82, 2.24) is 9.97 Å². The summed E-state index contributed by atoms with van der Waals surface area (Å²) in [6, 6.07) is 5.01. The number of para-hydroxylation sites is 1. The number of benzene rings is 1. The van der Waals surface area contributed by atoms with Crippen molar-refractivity contribution in [3.8, 4) is 0 Å². The summed E-state index contributed by atoms with van der Waals surface area (Å²) < 4.78 is 0. The second kappa shape index (κ2) is 4.77. The van der Waals surface area contributed by atoms with E-state index in [9.17, 15) is 4.79 Å². The second-order valence-corrected chi connectivity index (χ2v) is 4.24. The lowest BCUT2D eigenvalue weighted by atomic mass is 10.3. The number of aromatic amines is 1. The fourth-order valence-corrected chi connectivity index (χ4v) is 1.87. The van der Waals surface area contributed by atoms with Crippen molar-refractivity contribution in [2.24, 2.45) is 0 Å².